The zero-order valence-electron chi connectivity index (χ0n) is 16.3. The molecule has 9 heteroatoms. The summed E-state index contributed by atoms with van der Waals surface area (Å²) in [4.78, 5) is 31.9. The van der Waals surface area contributed by atoms with E-state index in [9.17, 15) is 14.0 Å². The second kappa shape index (κ2) is 8.11. The van der Waals surface area contributed by atoms with Crippen molar-refractivity contribution in [3.8, 4) is 5.69 Å². The number of aromatic nitrogens is 4. The van der Waals surface area contributed by atoms with Gasteiger partial charge in [0.2, 0.25) is 5.91 Å². The van der Waals surface area contributed by atoms with Gasteiger partial charge in [0, 0.05) is 5.69 Å². The van der Waals surface area contributed by atoms with Gasteiger partial charge in [0.25, 0.3) is 5.56 Å². The molecular formula is C21H18FN5O2S. The van der Waals surface area contributed by atoms with Gasteiger partial charge < -0.3 is 10.3 Å². The summed E-state index contributed by atoms with van der Waals surface area (Å²) in [5.41, 5.74) is 3.33. The van der Waals surface area contributed by atoms with Crippen LogP contribution in [0.15, 0.2) is 58.6 Å². The van der Waals surface area contributed by atoms with Crippen molar-refractivity contribution < 1.29 is 9.18 Å². The first-order valence-electron chi connectivity index (χ1n) is 9.14. The summed E-state index contributed by atoms with van der Waals surface area (Å²) in [7, 11) is 0. The molecule has 7 nitrogen and oxygen atoms in total. The third-order valence-electron chi connectivity index (χ3n) is 4.49. The third-order valence-corrected chi connectivity index (χ3v) is 5.37. The summed E-state index contributed by atoms with van der Waals surface area (Å²) in [5, 5.41) is 7.67. The average Bonchev–Trinajstić information content (AvgIpc) is 3.14. The van der Waals surface area contributed by atoms with E-state index in [0.29, 0.717) is 21.9 Å². The number of hydrogen-bond donors (Lipinski definition) is 2. The Kier molecular flexibility index (Phi) is 5.37. The monoisotopic (exact) mass is 423 g/mol. The topological polar surface area (TPSA) is 92.7 Å². The summed E-state index contributed by atoms with van der Waals surface area (Å²) in [6.07, 6.45) is 1.41. The fourth-order valence-corrected chi connectivity index (χ4v) is 3.58. The molecule has 152 valence electrons. The lowest BCUT2D eigenvalue weighted by molar-refractivity contribution is -0.113. The Morgan fingerprint density at radius 1 is 1.20 bits per heavy atom. The molecule has 0 aliphatic rings. The molecule has 2 heterocycles. The van der Waals surface area contributed by atoms with Gasteiger partial charge in [-0.3, -0.25) is 9.59 Å². The number of aryl methyl sites for hydroxylation is 2. The maximum Gasteiger partial charge on any atom is 0.262 e. The number of halogens is 1. The van der Waals surface area contributed by atoms with Crippen LogP contribution in [0.25, 0.3) is 16.7 Å². The van der Waals surface area contributed by atoms with Gasteiger partial charge in [-0.15, -0.1) is 0 Å². The standard InChI is InChI=1S/C21H18FN5O2S/c1-12-3-4-13(2)17(9-12)24-18(28)11-30-21-25-19-16(20(29)26-21)10-23-27(19)15-7-5-14(22)6-8-15/h3-10H,11H2,1-2H3,(H,24,28)(H,25,26,29). The number of aromatic amines is 1. The van der Waals surface area contributed by atoms with Gasteiger partial charge in [0.1, 0.15) is 11.2 Å². The minimum atomic E-state index is -0.368. The summed E-state index contributed by atoms with van der Waals surface area (Å²) in [5.74, 6) is -0.498. The SMILES string of the molecule is Cc1ccc(C)c(NC(=O)CSc2nc3c(cnn3-c3ccc(F)cc3)c(=O)[nH]2)c1. The van der Waals surface area contributed by atoms with E-state index in [1.165, 1.54) is 23.0 Å². The summed E-state index contributed by atoms with van der Waals surface area (Å²) in [6, 6.07) is 11.6. The van der Waals surface area contributed by atoms with E-state index < -0.39 is 0 Å². The highest BCUT2D eigenvalue weighted by atomic mass is 32.2. The number of anilines is 1. The molecule has 2 aromatic carbocycles. The largest absolute Gasteiger partial charge is 0.325 e. The Morgan fingerprint density at radius 2 is 1.97 bits per heavy atom. The number of fused-ring (bicyclic) bond motifs is 1. The molecule has 0 spiro atoms. The van der Waals surface area contributed by atoms with Crippen LogP contribution in [0.3, 0.4) is 0 Å². The highest BCUT2D eigenvalue weighted by molar-refractivity contribution is 7.99. The molecule has 0 fully saturated rings. The van der Waals surface area contributed by atoms with Crippen LogP contribution >= 0.6 is 11.8 Å². The molecule has 4 aromatic rings. The van der Waals surface area contributed by atoms with Crippen molar-refractivity contribution in [2.45, 2.75) is 19.0 Å². The van der Waals surface area contributed by atoms with Crippen LogP contribution in [-0.4, -0.2) is 31.4 Å². The van der Waals surface area contributed by atoms with Gasteiger partial charge >= 0.3 is 0 Å². The predicted octanol–water partition coefficient (Wildman–Crippen LogP) is 3.60. The van der Waals surface area contributed by atoms with Crippen LogP contribution in [0.4, 0.5) is 10.1 Å². The highest BCUT2D eigenvalue weighted by Gasteiger charge is 2.13. The number of hydrogen-bond acceptors (Lipinski definition) is 5. The normalized spacial score (nSPS) is 11.0. The zero-order valence-corrected chi connectivity index (χ0v) is 17.1. The first-order valence-corrected chi connectivity index (χ1v) is 10.1. The molecule has 1 amide bonds. The Hall–Kier alpha value is -3.46. The zero-order chi connectivity index (χ0) is 21.3. The van der Waals surface area contributed by atoms with E-state index in [1.54, 1.807) is 12.1 Å². The van der Waals surface area contributed by atoms with E-state index in [4.69, 9.17) is 0 Å². The lowest BCUT2D eigenvalue weighted by atomic mass is 10.1. The molecule has 0 atom stereocenters. The summed E-state index contributed by atoms with van der Waals surface area (Å²) < 4.78 is 14.7. The smallest absolute Gasteiger partial charge is 0.262 e. The van der Waals surface area contributed by atoms with Crippen molar-refractivity contribution in [1.82, 2.24) is 19.7 Å². The third kappa shape index (κ3) is 4.11. The van der Waals surface area contributed by atoms with E-state index in [0.717, 1.165) is 28.6 Å². The number of carbonyl (C=O) groups excluding carboxylic acids is 1. The van der Waals surface area contributed by atoms with E-state index >= 15 is 0 Å². The second-order valence-corrected chi connectivity index (χ2v) is 7.76. The number of rotatable bonds is 5. The number of benzene rings is 2. The van der Waals surface area contributed by atoms with Crippen molar-refractivity contribution in [3.63, 3.8) is 0 Å². The minimum Gasteiger partial charge on any atom is -0.325 e. The quantitative estimate of drug-likeness (QED) is 0.378. The van der Waals surface area contributed by atoms with Crippen LogP contribution in [0, 0.1) is 19.7 Å². The molecule has 2 aromatic heterocycles. The van der Waals surface area contributed by atoms with Crippen molar-refractivity contribution in [3.05, 3.63) is 76.0 Å². The minimum absolute atomic E-state index is 0.0759. The number of amides is 1. The second-order valence-electron chi connectivity index (χ2n) is 6.80. The van der Waals surface area contributed by atoms with Crippen LogP contribution in [-0.2, 0) is 4.79 Å². The number of nitrogens with zero attached hydrogens (tertiary/aromatic N) is 3. The van der Waals surface area contributed by atoms with Gasteiger partial charge in [-0.25, -0.2) is 14.1 Å². The van der Waals surface area contributed by atoms with Gasteiger partial charge in [-0.1, -0.05) is 23.9 Å². The molecular weight excluding hydrogens is 405 g/mol. The van der Waals surface area contributed by atoms with Gasteiger partial charge in [-0.2, -0.15) is 5.10 Å². The molecule has 2 N–H and O–H groups in total. The van der Waals surface area contributed by atoms with Crippen molar-refractivity contribution >= 4 is 34.4 Å². The van der Waals surface area contributed by atoms with Crippen LogP contribution in [0.5, 0.6) is 0 Å². The van der Waals surface area contributed by atoms with Crippen LogP contribution in [0.1, 0.15) is 11.1 Å². The number of carbonyl (C=O) groups is 1. The molecule has 0 aliphatic heterocycles. The highest BCUT2D eigenvalue weighted by Crippen LogP contribution is 2.20. The number of thioether (sulfide) groups is 1. The first-order chi connectivity index (χ1) is 14.4. The fourth-order valence-electron chi connectivity index (χ4n) is 2.93. The molecule has 0 saturated heterocycles. The molecule has 0 unspecified atom stereocenters. The number of H-pyrrole nitrogens is 1. The predicted molar refractivity (Wildman–Crippen MR) is 115 cm³/mol. The molecule has 4 rings (SSSR count). The maximum absolute atomic E-state index is 13.2. The van der Waals surface area contributed by atoms with E-state index in [1.807, 2.05) is 32.0 Å². The lowest BCUT2D eigenvalue weighted by Gasteiger charge is -2.09. The Labute approximate surface area is 175 Å². The summed E-state index contributed by atoms with van der Waals surface area (Å²) in [6.45, 7) is 3.88. The van der Waals surface area contributed by atoms with Gasteiger partial charge in [0.15, 0.2) is 10.8 Å². The molecule has 0 bridgehead atoms. The lowest BCUT2D eigenvalue weighted by Crippen LogP contribution is -2.16. The summed E-state index contributed by atoms with van der Waals surface area (Å²) >= 11 is 1.12. The Bertz CT molecular complexity index is 1300. The molecule has 0 aliphatic carbocycles. The van der Waals surface area contributed by atoms with Crippen molar-refractivity contribution in [2.75, 3.05) is 11.1 Å². The van der Waals surface area contributed by atoms with Gasteiger partial charge in [-0.05, 0) is 55.3 Å². The maximum atomic E-state index is 13.2. The first kappa shape index (κ1) is 19.8. The Balaban J connectivity index is 1.55. The molecule has 0 radical (unpaired) electrons. The van der Waals surface area contributed by atoms with E-state index in [-0.39, 0.29) is 23.0 Å². The molecule has 30 heavy (non-hydrogen) atoms. The van der Waals surface area contributed by atoms with Crippen molar-refractivity contribution in [1.29, 1.82) is 0 Å². The van der Waals surface area contributed by atoms with Crippen LogP contribution in [0.2, 0.25) is 0 Å². The van der Waals surface area contributed by atoms with E-state index in [2.05, 4.69) is 20.4 Å². The number of nitrogens with one attached hydrogen (secondary N) is 2. The van der Waals surface area contributed by atoms with Crippen LogP contribution < -0.4 is 10.9 Å². The average molecular weight is 423 g/mol. The fraction of sp³-hybridized carbons (Fsp3) is 0.143. The Morgan fingerprint density at radius 3 is 2.73 bits per heavy atom. The van der Waals surface area contributed by atoms with Gasteiger partial charge in [0.05, 0.1) is 17.6 Å². The molecule has 0 saturated carbocycles. The van der Waals surface area contributed by atoms with Crippen molar-refractivity contribution in [2.24, 2.45) is 0 Å².